The molecule has 270 valence electrons. The van der Waals surface area contributed by atoms with Gasteiger partial charge in [-0.05, 0) is 91.3 Å². The number of hydrogen-bond donors (Lipinski definition) is 2. The third kappa shape index (κ3) is 7.42. The Morgan fingerprint density at radius 3 is 2.70 bits per heavy atom. The van der Waals surface area contributed by atoms with Gasteiger partial charge in [0.15, 0.2) is 22.9 Å². The molecule has 9 heteroatoms. The lowest BCUT2D eigenvalue weighted by molar-refractivity contribution is -0.118. The van der Waals surface area contributed by atoms with E-state index in [2.05, 4.69) is 29.7 Å². The number of para-hydroxylation sites is 1. The maximum atomic E-state index is 14.0. The van der Waals surface area contributed by atoms with E-state index in [4.69, 9.17) is 19.2 Å². The van der Waals surface area contributed by atoms with Crippen molar-refractivity contribution in [3.8, 4) is 35.2 Å². The van der Waals surface area contributed by atoms with Gasteiger partial charge in [0.2, 0.25) is 0 Å². The van der Waals surface area contributed by atoms with Gasteiger partial charge >= 0.3 is 0 Å². The Bertz CT molecular complexity index is 2210. The molecule has 2 aromatic carbocycles. The van der Waals surface area contributed by atoms with Crippen molar-refractivity contribution in [3.63, 3.8) is 0 Å². The van der Waals surface area contributed by atoms with Crippen molar-refractivity contribution in [2.24, 2.45) is 0 Å². The number of carbonyl (C=O) groups excluding carboxylic acids is 2. The number of Topliss-reactive ketones (excluding diaryl/α,β-unsaturated/α-hetero) is 1. The Morgan fingerprint density at radius 1 is 1.04 bits per heavy atom. The molecular weight excluding hydrogens is 668 g/mol. The first-order valence-corrected chi connectivity index (χ1v) is 18.2. The second kappa shape index (κ2) is 15.7. The Hall–Kier alpha value is -5.45. The van der Waals surface area contributed by atoms with Gasteiger partial charge in [-0.1, -0.05) is 60.9 Å². The second-order valence-electron chi connectivity index (χ2n) is 13.5. The van der Waals surface area contributed by atoms with Crippen molar-refractivity contribution in [2.45, 2.75) is 70.1 Å². The van der Waals surface area contributed by atoms with Gasteiger partial charge in [-0.3, -0.25) is 9.59 Å². The number of aliphatic hydroxyl groups excluding tert-OH is 1. The number of ether oxygens (including phenoxy) is 3. The zero-order valence-corrected chi connectivity index (χ0v) is 30.0. The summed E-state index contributed by atoms with van der Waals surface area (Å²) >= 11 is 0. The van der Waals surface area contributed by atoms with E-state index in [0.29, 0.717) is 53.0 Å². The molecule has 0 spiro atoms. The number of carbonyl (C=O) groups is 2. The van der Waals surface area contributed by atoms with Crippen molar-refractivity contribution >= 4 is 28.2 Å². The summed E-state index contributed by atoms with van der Waals surface area (Å²) in [7, 11) is 0. The molecule has 1 unspecified atom stereocenters. The molecule has 0 saturated heterocycles. The summed E-state index contributed by atoms with van der Waals surface area (Å²) in [6.45, 7) is 4.09. The number of ketones is 1. The average molecular weight is 711 g/mol. The first kappa shape index (κ1) is 35.9. The number of amides is 1. The molecule has 2 aliphatic carbocycles. The van der Waals surface area contributed by atoms with Gasteiger partial charge in [-0.15, -0.1) is 0 Å². The van der Waals surface area contributed by atoms with E-state index in [9.17, 15) is 19.8 Å². The van der Waals surface area contributed by atoms with Crippen molar-refractivity contribution < 1.29 is 34.0 Å². The highest BCUT2D eigenvalue weighted by Crippen LogP contribution is 2.41. The molecule has 2 N–H and O–H groups in total. The number of aliphatic hydroxyl groups is 2. The summed E-state index contributed by atoms with van der Waals surface area (Å²) in [5, 5.41) is 22.1. The molecule has 3 aromatic rings. The minimum atomic E-state index is -1.61. The second-order valence-corrected chi connectivity index (χ2v) is 13.5. The van der Waals surface area contributed by atoms with Crippen LogP contribution >= 0.6 is 0 Å². The molecule has 9 nitrogen and oxygen atoms in total. The predicted molar refractivity (Wildman–Crippen MR) is 202 cm³/mol. The number of aromatic nitrogens is 1. The van der Waals surface area contributed by atoms with Gasteiger partial charge in [-0.25, -0.2) is 4.98 Å². The lowest BCUT2D eigenvalue weighted by atomic mass is 9.73. The zero-order chi connectivity index (χ0) is 37.0. The number of benzene rings is 2. The molecule has 2 aliphatic heterocycles. The van der Waals surface area contributed by atoms with Crippen LogP contribution in [0.5, 0.6) is 11.5 Å². The molecule has 53 heavy (non-hydrogen) atoms. The number of fused-ring (bicyclic) bond motifs is 5. The summed E-state index contributed by atoms with van der Waals surface area (Å²) in [5.74, 6) is 12.3. The summed E-state index contributed by atoms with van der Waals surface area (Å²) in [6.07, 6.45) is 9.43. The molecular formula is C44H42N2O7. The Labute approximate surface area is 309 Å². The van der Waals surface area contributed by atoms with Gasteiger partial charge in [0.25, 0.3) is 5.91 Å². The molecule has 1 amide bonds. The monoisotopic (exact) mass is 710 g/mol. The van der Waals surface area contributed by atoms with Crippen LogP contribution in [0.15, 0.2) is 89.7 Å². The molecule has 1 aromatic heterocycles. The highest BCUT2D eigenvalue weighted by molar-refractivity contribution is 6.01. The van der Waals surface area contributed by atoms with Gasteiger partial charge in [0.05, 0.1) is 37.5 Å². The number of aryl methyl sites for hydroxylation is 1. The van der Waals surface area contributed by atoms with Crippen LogP contribution in [-0.4, -0.2) is 76.0 Å². The van der Waals surface area contributed by atoms with E-state index < -0.39 is 11.7 Å². The fourth-order valence-electron chi connectivity index (χ4n) is 7.38. The first-order valence-electron chi connectivity index (χ1n) is 18.2. The average Bonchev–Trinajstić information content (AvgIpc) is 3.55. The Kier molecular flexibility index (Phi) is 10.6. The highest BCUT2D eigenvalue weighted by atomic mass is 16.5. The Balaban J connectivity index is 1.06. The van der Waals surface area contributed by atoms with E-state index in [1.54, 1.807) is 25.1 Å². The molecule has 0 fully saturated rings. The van der Waals surface area contributed by atoms with Crippen LogP contribution < -0.4 is 9.47 Å². The molecule has 0 saturated carbocycles. The van der Waals surface area contributed by atoms with Crippen LogP contribution in [0.25, 0.3) is 16.5 Å². The number of rotatable bonds is 11. The fourth-order valence-corrected chi connectivity index (χ4v) is 7.38. The van der Waals surface area contributed by atoms with E-state index in [0.717, 1.165) is 40.6 Å². The Morgan fingerprint density at radius 2 is 1.85 bits per heavy atom. The molecule has 4 aliphatic rings. The van der Waals surface area contributed by atoms with Crippen LogP contribution in [0.1, 0.15) is 67.6 Å². The van der Waals surface area contributed by atoms with E-state index >= 15 is 0 Å². The zero-order valence-electron chi connectivity index (χ0n) is 30.0. The predicted octanol–water partition coefficient (Wildman–Crippen LogP) is 5.90. The SMILES string of the molecule is CC/C=C1\C2=C(C)C(=O)C[C@@]1(O)C#C/C=C\C#C[C@@H]2OCCCOc1cc2c(cc1OCCO)C(=O)N1C=C(c3ccc4ccccc4n3)CC1CC2. The van der Waals surface area contributed by atoms with Crippen LogP contribution in [0, 0.1) is 23.7 Å². The minimum Gasteiger partial charge on any atom is -0.490 e. The topological polar surface area (TPSA) is 118 Å². The summed E-state index contributed by atoms with van der Waals surface area (Å²) in [5.41, 5.74) is 4.30. The molecule has 3 atom stereocenters. The number of allylic oxidation sites excluding steroid dienone is 4. The van der Waals surface area contributed by atoms with Crippen LogP contribution in [0.4, 0.5) is 0 Å². The van der Waals surface area contributed by atoms with Crippen LogP contribution in [-0.2, 0) is 16.0 Å². The van der Waals surface area contributed by atoms with Gasteiger partial charge in [0, 0.05) is 35.2 Å². The molecule has 0 radical (unpaired) electrons. The minimum absolute atomic E-state index is 0.0102. The first-order chi connectivity index (χ1) is 25.8. The third-order valence-corrected chi connectivity index (χ3v) is 10.0. The van der Waals surface area contributed by atoms with Gasteiger partial charge in [0.1, 0.15) is 12.7 Å². The van der Waals surface area contributed by atoms with Crippen molar-refractivity contribution in [1.29, 1.82) is 0 Å². The van der Waals surface area contributed by atoms with Crippen LogP contribution in [0.2, 0.25) is 0 Å². The standard InChI is InChI=1S/C44H42N2O7/c1-3-11-35-42-29(2)38(48)27-44(35,50)19-9-5-4-6-14-39(42)51-21-10-22-52-40-25-31-15-17-33-24-32(37-18-16-30-12-7-8-13-36(30)45-37)28-46(33)43(49)34(31)26-41(40)53-23-20-47/h4-5,7-8,11-13,16,18,25-26,28,33,39,47,50H,3,10,15,17,20-24,27H2,1-2H3/b5-4-,35-11+/t33?,39-,44-/m0/s1. The van der Waals surface area contributed by atoms with Crippen molar-refractivity contribution in [1.82, 2.24) is 9.88 Å². The number of nitrogens with zero attached hydrogens (tertiary/aromatic N) is 2. The maximum absolute atomic E-state index is 14.0. The summed E-state index contributed by atoms with van der Waals surface area (Å²) in [4.78, 5) is 33.7. The quantitative estimate of drug-likeness (QED) is 0.187. The maximum Gasteiger partial charge on any atom is 0.258 e. The van der Waals surface area contributed by atoms with Gasteiger partial charge in [-0.2, -0.15) is 0 Å². The summed E-state index contributed by atoms with van der Waals surface area (Å²) < 4.78 is 18.4. The van der Waals surface area contributed by atoms with Gasteiger partial charge < -0.3 is 29.3 Å². The van der Waals surface area contributed by atoms with Crippen LogP contribution in [0.3, 0.4) is 0 Å². The highest BCUT2D eigenvalue weighted by Gasteiger charge is 2.42. The molecule has 7 rings (SSSR count). The van der Waals surface area contributed by atoms with E-state index in [1.165, 1.54) is 0 Å². The van der Waals surface area contributed by atoms with Crippen molar-refractivity contribution in [3.05, 3.63) is 106 Å². The van der Waals surface area contributed by atoms with Crippen molar-refractivity contribution in [2.75, 3.05) is 26.4 Å². The smallest absolute Gasteiger partial charge is 0.258 e. The molecule has 2 bridgehead atoms. The lowest BCUT2D eigenvalue weighted by Crippen LogP contribution is -2.41. The van der Waals surface area contributed by atoms with E-state index in [-0.39, 0.29) is 50.6 Å². The summed E-state index contributed by atoms with van der Waals surface area (Å²) in [6, 6.07) is 15.7. The lowest BCUT2D eigenvalue weighted by Gasteiger charge is -2.35. The normalized spacial score (nSPS) is 23.3. The number of pyridine rings is 1. The molecule has 3 heterocycles. The van der Waals surface area contributed by atoms with E-state index in [1.807, 2.05) is 60.5 Å². The number of hydrogen-bond acceptors (Lipinski definition) is 8. The third-order valence-electron chi connectivity index (χ3n) is 10.0. The fraction of sp³-hybridized carbons (Fsp3) is 0.341. The largest absolute Gasteiger partial charge is 0.490 e.